The minimum atomic E-state index is -5.03. The minimum absolute atomic E-state index is 0.0264. The van der Waals surface area contributed by atoms with Gasteiger partial charge in [0.15, 0.2) is 0 Å². The molecule has 3 aliphatic rings. The van der Waals surface area contributed by atoms with Crippen LogP contribution in [0.1, 0.15) is 48.9 Å². The number of halogens is 6. The van der Waals surface area contributed by atoms with Crippen molar-refractivity contribution < 1.29 is 35.9 Å². The van der Waals surface area contributed by atoms with Crippen LogP contribution >= 0.6 is 0 Å². The van der Waals surface area contributed by atoms with Crippen LogP contribution in [0, 0.1) is 11.8 Å². The summed E-state index contributed by atoms with van der Waals surface area (Å²) in [5.41, 5.74) is -2.23. The largest absolute Gasteiger partial charge is 0.497 e. The van der Waals surface area contributed by atoms with E-state index in [4.69, 9.17) is 4.74 Å². The Bertz CT molecular complexity index is 1390. The number of carbonyl (C=O) groups excluding carboxylic acids is 1. The van der Waals surface area contributed by atoms with Crippen molar-refractivity contribution in [2.45, 2.75) is 50.6 Å². The van der Waals surface area contributed by atoms with Crippen molar-refractivity contribution in [2.75, 3.05) is 25.5 Å². The first kappa shape index (κ1) is 29.0. The van der Waals surface area contributed by atoms with E-state index in [9.17, 15) is 31.1 Å². The Labute approximate surface area is 233 Å². The van der Waals surface area contributed by atoms with Gasteiger partial charge in [-0.25, -0.2) is 4.79 Å². The molecule has 12 heteroatoms. The predicted molar refractivity (Wildman–Crippen MR) is 142 cm³/mol. The van der Waals surface area contributed by atoms with E-state index in [0.717, 1.165) is 43.3 Å². The summed E-state index contributed by atoms with van der Waals surface area (Å²) in [6.07, 6.45) is -5.60. The SMILES string of the molecule is CC[C@H]1CN2CC[C@H]1C[C@@H]2[C@H](NC(=O)Nc1cc(C(F)(F)F)cc(C(F)(F)F)c1)c1ccnc2ccc(OC)cc12. The fourth-order valence-corrected chi connectivity index (χ4v) is 6.25. The lowest BCUT2D eigenvalue weighted by Gasteiger charge is -2.52. The van der Waals surface area contributed by atoms with E-state index in [1.807, 2.05) is 0 Å². The molecule has 3 aliphatic heterocycles. The summed E-state index contributed by atoms with van der Waals surface area (Å²) in [6.45, 7) is 3.83. The van der Waals surface area contributed by atoms with Crippen molar-refractivity contribution in [3.05, 3.63) is 65.4 Å². The second kappa shape index (κ2) is 11.0. The highest BCUT2D eigenvalue weighted by Gasteiger charge is 2.44. The van der Waals surface area contributed by atoms with Gasteiger partial charge in [0.2, 0.25) is 0 Å². The molecule has 2 bridgehead atoms. The van der Waals surface area contributed by atoms with Gasteiger partial charge in [-0.15, -0.1) is 0 Å². The molecule has 4 heterocycles. The van der Waals surface area contributed by atoms with Gasteiger partial charge in [0.1, 0.15) is 5.75 Å². The number of fused-ring (bicyclic) bond motifs is 4. The number of amides is 2. The number of hydrogen-bond donors (Lipinski definition) is 2. The molecule has 3 aromatic rings. The lowest BCUT2D eigenvalue weighted by Crippen LogP contribution is -2.58. The monoisotopic (exact) mass is 580 g/mol. The highest BCUT2D eigenvalue weighted by atomic mass is 19.4. The lowest BCUT2D eigenvalue weighted by atomic mass is 9.72. The van der Waals surface area contributed by atoms with Gasteiger partial charge in [-0.05, 0) is 79.3 Å². The normalized spacial score (nSPS) is 23.3. The second-order valence-corrected chi connectivity index (χ2v) is 10.7. The number of carbonyl (C=O) groups is 1. The number of ether oxygens (including phenoxy) is 1. The van der Waals surface area contributed by atoms with Crippen LogP contribution in [-0.2, 0) is 12.4 Å². The third-order valence-corrected chi connectivity index (χ3v) is 8.29. The van der Waals surface area contributed by atoms with E-state index in [0.29, 0.717) is 35.2 Å². The van der Waals surface area contributed by atoms with Crippen molar-refractivity contribution in [2.24, 2.45) is 11.8 Å². The molecule has 6 nitrogen and oxygen atoms in total. The molecule has 0 radical (unpaired) electrons. The van der Waals surface area contributed by atoms with Gasteiger partial charge in [0.05, 0.1) is 29.8 Å². The second-order valence-electron chi connectivity index (χ2n) is 10.7. The van der Waals surface area contributed by atoms with Crippen LogP contribution in [0.25, 0.3) is 10.9 Å². The molecule has 41 heavy (non-hydrogen) atoms. The molecule has 5 atom stereocenters. The van der Waals surface area contributed by atoms with E-state index < -0.39 is 41.2 Å². The number of nitrogens with one attached hydrogen (secondary N) is 2. The number of benzene rings is 2. The molecular formula is C29H30F6N4O2. The molecule has 3 fully saturated rings. The van der Waals surface area contributed by atoms with Gasteiger partial charge in [-0.2, -0.15) is 26.3 Å². The zero-order valence-corrected chi connectivity index (χ0v) is 22.4. The Morgan fingerprint density at radius 1 is 1.07 bits per heavy atom. The molecule has 6 rings (SSSR count). The van der Waals surface area contributed by atoms with Crippen molar-refractivity contribution >= 4 is 22.6 Å². The molecule has 0 aliphatic carbocycles. The zero-order valence-electron chi connectivity index (χ0n) is 22.4. The Morgan fingerprint density at radius 2 is 1.78 bits per heavy atom. The molecule has 220 valence electrons. The Morgan fingerprint density at radius 3 is 2.37 bits per heavy atom. The number of alkyl halides is 6. The number of hydrogen-bond acceptors (Lipinski definition) is 4. The Balaban J connectivity index is 1.51. The third-order valence-electron chi connectivity index (χ3n) is 8.29. The number of anilines is 1. The molecule has 1 aromatic heterocycles. The Hall–Kier alpha value is -3.54. The third kappa shape index (κ3) is 6.07. The standard InChI is InChI=1S/C29H30F6N4O2/c1-3-16-15-39-9-7-17(16)10-25(39)26(22-6-8-36-24-5-4-21(41-2)14-23(22)24)38-27(40)37-20-12-18(28(30,31)32)11-19(13-20)29(33,34)35/h4-6,8,11-14,16-17,25-26H,3,7,9-10,15H2,1-2H3,(H2,37,38,40)/t16-,17-,25+,26+/m0/s1. The highest BCUT2D eigenvalue weighted by Crippen LogP contribution is 2.43. The van der Waals surface area contributed by atoms with Crippen LogP contribution in [0.15, 0.2) is 48.7 Å². The number of methoxy groups -OCH3 is 1. The fourth-order valence-electron chi connectivity index (χ4n) is 6.25. The van der Waals surface area contributed by atoms with Gasteiger partial charge in [0, 0.05) is 29.9 Å². The Kier molecular flexibility index (Phi) is 7.80. The summed E-state index contributed by atoms with van der Waals surface area (Å²) in [5.74, 6) is 1.55. The highest BCUT2D eigenvalue weighted by molar-refractivity contribution is 5.91. The van der Waals surface area contributed by atoms with Gasteiger partial charge >= 0.3 is 18.4 Å². The van der Waals surface area contributed by atoms with E-state index in [-0.39, 0.29) is 12.1 Å². The minimum Gasteiger partial charge on any atom is -0.497 e. The molecular weight excluding hydrogens is 550 g/mol. The van der Waals surface area contributed by atoms with E-state index >= 15 is 0 Å². The summed E-state index contributed by atoms with van der Waals surface area (Å²) in [5, 5.41) is 5.85. The summed E-state index contributed by atoms with van der Waals surface area (Å²) >= 11 is 0. The van der Waals surface area contributed by atoms with Gasteiger partial charge < -0.3 is 15.4 Å². The van der Waals surface area contributed by atoms with Gasteiger partial charge in [-0.1, -0.05) is 13.3 Å². The van der Waals surface area contributed by atoms with Crippen molar-refractivity contribution in [3.8, 4) is 5.75 Å². The smallest absolute Gasteiger partial charge is 0.416 e. The maximum Gasteiger partial charge on any atom is 0.416 e. The first-order valence-electron chi connectivity index (χ1n) is 13.4. The van der Waals surface area contributed by atoms with Crippen LogP contribution in [-0.4, -0.2) is 42.2 Å². The van der Waals surface area contributed by atoms with Crippen molar-refractivity contribution in [1.82, 2.24) is 15.2 Å². The number of nitrogens with zero attached hydrogens (tertiary/aromatic N) is 2. The van der Waals surface area contributed by atoms with Crippen LogP contribution in [0.5, 0.6) is 5.75 Å². The summed E-state index contributed by atoms with van der Waals surface area (Å²) in [4.78, 5) is 20.0. The quantitative estimate of drug-likeness (QED) is 0.301. The number of rotatable bonds is 6. The number of piperidine rings is 3. The first-order chi connectivity index (χ1) is 19.4. The van der Waals surface area contributed by atoms with E-state index in [1.54, 1.807) is 30.5 Å². The molecule has 0 spiro atoms. The molecule has 2 amide bonds. The summed E-state index contributed by atoms with van der Waals surface area (Å²) in [6, 6.07) is 6.48. The molecule has 0 saturated carbocycles. The van der Waals surface area contributed by atoms with Crippen LogP contribution in [0.2, 0.25) is 0 Å². The molecule has 3 saturated heterocycles. The molecule has 1 unspecified atom stereocenters. The number of aromatic nitrogens is 1. The van der Waals surface area contributed by atoms with Crippen LogP contribution in [0.4, 0.5) is 36.8 Å². The maximum absolute atomic E-state index is 13.4. The topological polar surface area (TPSA) is 66.5 Å². The van der Waals surface area contributed by atoms with Crippen molar-refractivity contribution in [3.63, 3.8) is 0 Å². The van der Waals surface area contributed by atoms with Crippen LogP contribution < -0.4 is 15.4 Å². The maximum atomic E-state index is 13.4. The average molecular weight is 581 g/mol. The number of urea groups is 1. The fraction of sp³-hybridized carbons (Fsp3) is 0.448. The summed E-state index contributed by atoms with van der Waals surface area (Å²) < 4.78 is 85.7. The van der Waals surface area contributed by atoms with E-state index in [2.05, 4.69) is 27.4 Å². The lowest BCUT2D eigenvalue weighted by molar-refractivity contribution is -0.143. The average Bonchev–Trinajstić information content (AvgIpc) is 2.94. The van der Waals surface area contributed by atoms with E-state index in [1.165, 1.54) is 7.11 Å². The molecule has 2 aromatic carbocycles. The summed E-state index contributed by atoms with van der Waals surface area (Å²) in [7, 11) is 1.53. The predicted octanol–water partition coefficient (Wildman–Crippen LogP) is 7.26. The van der Waals surface area contributed by atoms with Crippen molar-refractivity contribution in [1.29, 1.82) is 0 Å². The first-order valence-corrected chi connectivity index (χ1v) is 13.4. The van der Waals surface area contributed by atoms with Gasteiger partial charge in [0.25, 0.3) is 0 Å². The van der Waals surface area contributed by atoms with Crippen LogP contribution in [0.3, 0.4) is 0 Å². The number of pyridine rings is 1. The zero-order chi connectivity index (χ0) is 29.5. The molecule has 2 N–H and O–H groups in total. The van der Waals surface area contributed by atoms with Gasteiger partial charge in [-0.3, -0.25) is 9.88 Å².